The molecule has 2 rings (SSSR count). The van der Waals surface area contributed by atoms with Crippen molar-refractivity contribution < 1.29 is 4.42 Å². The quantitative estimate of drug-likeness (QED) is 0.758. The molecule has 0 N–H and O–H groups in total. The molecule has 0 saturated heterocycles. The first-order valence-corrected chi connectivity index (χ1v) is 5.78. The molecular formula is C12H12N2OS. The third-order valence-corrected chi connectivity index (χ3v) is 2.93. The lowest BCUT2D eigenvalue weighted by Gasteiger charge is -2.09. The van der Waals surface area contributed by atoms with Crippen LogP contribution in [0.5, 0.6) is 0 Å². The molecule has 2 heterocycles. The molecule has 82 valence electrons. The van der Waals surface area contributed by atoms with E-state index in [1.165, 1.54) is 0 Å². The minimum Gasteiger partial charge on any atom is -0.444 e. The maximum absolute atomic E-state index is 5.41. The number of thiophene rings is 1. The number of rotatable bonds is 4. The molecule has 0 aliphatic heterocycles. The molecule has 4 heteroatoms. The summed E-state index contributed by atoms with van der Waals surface area (Å²) in [4.78, 5) is 7.47. The van der Waals surface area contributed by atoms with E-state index in [2.05, 4.69) is 10.9 Å². The Kier molecular flexibility index (Phi) is 3.40. The SMILES string of the molecule is C#CCN(C)Cc1coc(-c2cccs2)n1. The maximum atomic E-state index is 5.41. The summed E-state index contributed by atoms with van der Waals surface area (Å²) in [6, 6.07) is 3.97. The second-order valence-electron chi connectivity index (χ2n) is 3.50. The molecular weight excluding hydrogens is 220 g/mol. The Labute approximate surface area is 98.7 Å². The van der Waals surface area contributed by atoms with E-state index in [1.54, 1.807) is 17.6 Å². The Morgan fingerprint density at radius 2 is 2.50 bits per heavy atom. The highest BCUT2D eigenvalue weighted by molar-refractivity contribution is 7.13. The maximum Gasteiger partial charge on any atom is 0.236 e. The summed E-state index contributed by atoms with van der Waals surface area (Å²) in [5.41, 5.74) is 0.904. The van der Waals surface area contributed by atoms with E-state index in [0.717, 1.165) is 10.6 Å². The van der Waals surface area contributed by atoms with Crippen LogP contribution in [0.3, 0.4) is 0 Å². The summed E-state index contributed by atoms with van der Waals surface area (Å²) in [7, 11) is 1.96. The molecule has 3 nitrogen and oxygen atoms in total. The summed E-state index contributed by atoms with van der Waals surface area (Å²) >= 11 is 1.62. The fourth-order valence-corrected chi connectivity index (χ4v) is 2.04. The van der Waals surface area contributed by atoms with Crippen molar-refractivity contribution in [2.24, 2.45) is 0 Å². The van der Waals surface area contributed by atoms with Crippen LogP contribution in [-0.2, 0) is 6.54 Å². The highest BCUT2D eigenvalue weighted by Crippen LogP contribution is 2.23. The zero-order chi connectivity index (χ0) is 11.4. The van der Waals surface area contributed by atoms with Gasteiger partial charge >= 0.3 is 0 Å². The highest BCUT2D eigenvalue weighted by Gasteiger charge is 2.08. The number of nitrogens with zero attached hydrogens (tertiary/aromatic N) is 2. The van der Waals surface area contributed by atoms with Gasteiger partial charge in [-0.15, -0.1) is 17.8 Å². The van der Waals surface area contributed by atoms with Gasteiger partial charge in [0.15, 0.2) is 0 Å². The molecule has 0 saturated carbocycles. The first-order valence-electron chi connectivity index (χ1n) is 4.90. The molecule has 0 radical (unpaired) electrons. The second kappa shape index (κ2) is 4.97. The number of oxazole rings is 1. The topological polar surface area (TPSA) is 29.3 Å². The van der Waals surface area contributed by atoms with Crippen LogP contribution in [0.2, 0.25) is 0 Å². The van der Waals surface area contributed by atoms with Crippen LogP contribution in [0.15, 0.2) is 28.2 Å². The van der Waals surface area contributed by atoms with E-state index >= 15 is 0 Å². The molecule has 0 unspecified atom stereocenters. The molecule has 0 bridgehead atoms. The Bertz CT molecular complexity index is 481. The third kappa shape index (κ3) is 2.51. The standard InChI is InChI=1S/C12H12N2OS/c1-3-6-14(2)8-10-9-15-12(13-10)11-5-4-7-16-11/h1,4-5,7,9H,6,8H2,2H3. The van der Waals surface area contributed by atoms with Crippen molar-refractivity contribution in [3.05, 3.63) is 29.5 Å². The monoisotopic (exact) mass is 232 g/mol. The van der Waals surface area contributed by atoms with Crippen molar-refractivity contribution in [2.75, 3.05) is 13.6 Å². The summed E-state index contributed by atoms with van der Waals surface area (Å²) < 4.78 is 5.41. The van der Waals surface area contributed by atoms with Crippen LogP contribution >= 0.6 is 11.3 Å². The Balaban J connectivity index is 2.06. The van der Waals surface area contributed by atoms with E-state index < -0.39 is 0 Å². The van der Waals surface area contributed by atoms with Gasteiger partial charge in [0.05, 0.1) is 17.1 Å². The van der Waals surface area contributed by atoms with Gasteiger partial charge in [0.25, 0.3) is 0 Å². The van der Waals surface area contributed by atoms with Crippen LogP contribution in [0.4, 0.5) is 0 Å². The van der Waals surface area contributed by atoms with E-state index in [0.29, 0.717) is 19.0 Å². The van der Waals surface area contributed by atoms with Gasteiger partial charge in [-0.3, -0.25) is 4.90 Å². The van der Waals surface area contributed by atoms with E-state index in [1.807, 2.05) is 29.5 Å². The van der Waals surface area contributed by atoms with Gasteiger partial charge in [0, 0.05) is 6.54 Å². The van der Waals surface area contributed by atoms with Gasteiger partial charge in [0.1, 0.15) is 6.26 Å². The van der Waals surface area contributed by atoms with Gasteiger partial charge in [-0.2, -0.15) is 0 Å². The van der Waals surface area contributed by atoms with Crippen molar-refractivity contribution in [3.8, 4) is 23.1 Å². The van der Waals surface area contributed by atoms with Crippen molar-refractivity contribution >= 4 is 11.3 Å². The lowest BCUT2D eigenvalue weighted by Crippen LogP contribution is -2.17. The number of hydrogen-bond donors (Lipinski definition) is 0. The predicted octanol–water partition coefficient (Wildman–Crippen LogP) is 2.47. The Morgan fingerprint density at radius 3 is 3.19 bits per heavy atom. The predicted molar refractivity (Wildman–Crippen MR) is 65.0 cm³/mol. The van der Waals surface area contributed by atoms with Crippen molar-refractivity contribution in [1.82, 2.24) is 9.88 Å². The lowest BCUT2D eigenvalue weighted by atomic mass is 10.4. The van der Waals surface area contributed by atoms with Crippen LogP contribution in [0.25, 0.3) is 10.8 Å². The fraction of sp³-hybridized carbons (Fsp3) is 0.250. The largest absolute Gasteiger partial charge is 0.444 e. The molecule has 0 aliphatic rings. The van der Waals surface area contributed by atoms with Gasteiger partial charge in [-0.1, -0.05) is 12.0 Å². The summed E-state index contributed by atoms with van der Waals surface area (Å²) in [5, 5.41) is 2.00. The Hall–Kier alpha value is -1.57. The molecule has 0 aliphatic carbocycles. The van der Waals surface area contributed by atoms with Crippen LogP contribution in [0, 0.1) is 12.3 Å². The number of terminal acetylenes is 1. The fourth-order valence-electron chi connectivity index (χ4n) is 1.38. The average Bonchev–Trinajstić information content (AvgIpc) is 2.86. The summed E-state index contributed by atoms with van der Waals surface area (Å²) in [6.45, 7) is 1.32. The lowest BCUT2D eigenvalue weighted by molar-refractivity contribution is 0.363. The van der Waals surface area contributed by atoms with Crippen LogP contribution < -0.4 is 0 Å². The minimum atomic E-state index is 0.612. The number of aromatic nitrogens is 1. The third-order valence-electron chi connectivity index (χ3n) is 2.08. The first kappa shape index (κ1) is 10.9. The highest BCUT2D eigenvalue weighted by atomic mass is 32.1. The number of hydrogen-bond acceptors (Lipinski definition) is 4. The molecule has 16 heavy (non-hydrogen) atoms. The molecule has 2 aromatic heterocycles. The zero-order valence-corrected chi connectivity index (χ0v) is 9.83. The molecule has 0 fully saturated rings. The van der Waals surface area contributed by atoms with E-state index in [4.69, 9.17) is 10.8 Å². The smallest absolute Gasteiger partial charge is 0.236 e. The van der Waals surface area contributed by atoms with Crippen molar-refractivity contribution in [3.63, 3.8) is 0 Å². The van der Waals surface area contributed by atoms with Crippen LogP contribution in [0.1, 0.15) is 5.69 Å². The van der Waals surface area contributed by atoms with Gasteiger partial charge < -0.3 is 4.42 Å². The van der Waals surface area contributed by atoms with Crippen molar-refractivity contribution in [1.29, 1.82) is 0 Å². The van der Waals surface area contributed by atoms with E-state index in [9.17, 15) is 0 Å². The van der Waals surface area contributed by atoms with Crippen molar-refractivity contribution in [2.45, 2.75) is 6.54 Å². The summed E-state index contributed by atoms with van der Waals surface area (Å²) in [6.07, 6.45) is 6.91. The molecule has 0 amide bonds. The molecule has 2 aromatic rings. The molecule has 0 spiro atoms. The summed E-state index contributed by atoms with van der Waals surface area (Å²) in [5.74, 6) is 3.27. The Morgan fingerprint density at radius 1 is 1.62 bits per heavy atom. The van der Waals surface area contributed by atoms with Gasteiger partial charge in [0.2, 0.25) is 5.89 Å². The minimum absolute atomic E-state index is 0.612. The normalized spacial score (nSPS) is 10.6. The average molecular weight is 232 g/mol. The van der Waals surface area contributed by atoms with E-state index in [-0.39, 0.29) is 0 Å². The zero-order valence-electron chi connectivity index (χ0n) is 9.01. The molecule has 0 atom stereocenters. The van der Waals surface area contributed by atoms with Crippen LogP contribution in [-0.4, -0.2) is 23.5 Å². The van der Waals surface area contributed by atoms with Gasteiger partial charge in [-0.05, 0) is 18.5 Å². The van der Waals surface area contributed by atoms with Gasteiger partial charge in [-0.25, -0.2) is 4.98 Å². The first-order chi connectivity index (χ1) is 7.79. The second-order valence-corrected chi connectivity index (χ2v) is 4.45. The molecule has 0 aromatic carbocycles.